The number of anilines is 1. The van der Waals surface area contributed by atoms with Gasteiger partial charge in [0, 0.05) is 23.9 Å². The summed E-state index contributed by atoms with van der Waals surface area (Å²) in [5.41, 5.74) is -1.59. The lowest BCUT2D eigenvalue weighted by Gasteiger charge is -2.30. The average molecular weight is 660 g/mol. The molecule has 0 unspecified atom stereocenters. The van der Waals surface area contributed by atoms with Crippen LogP contribution in [0.25, 0.3) is 32.1 Å². The molecule has 0 saturated carbocycles. The second kappa shape index (κ2) is 11.5. The molecule has 2 aromatic heterocycles. The minimum Gasteiger partial charge on any atom is -0.480 e. The molecule has 0 spiro atoms. The number of hydrogen-bond donors (Lipinski definition) is 1. The van der Waals surface area contributed by atoms with Gasteiger partial charge in [0.1, 0.15) is 40.8 Å². The quantitative estimate of drug-likeness (QED) is 0.225. The maximum absolute atomic E-state index is 16.6. The first-order valence-corrected chi connectivity index (χ1v) is 15.4. The highest BCUT2D eigenvalue weighted by Crippen LogP contribution is 2.47. The molecule has 45 heavy (non-hydrogen) atoms. The van der Waals surface area contributed by atoms with E-state index >= 15 is 8.78 Å². The van der Waals surface area contributed by atoms with E-state index in [0.29, 0.717) is 13.0 Å². The van der Waals surface area contributed by atoms with Crippen molar-refractivity contribution in [2.75, 3.05) is 32.1 Å². The number of methoxy groups -OCH3 is 1. The lowest BCUT2D eigenvalue weighted by atomic mass is 9.95. The third-order valence-electron chi connectivity index (χ3n) is 8.04. The van der Waals surface area contributed by atoms with Gasteiger partial charge in [-0.3, -0.25) is 10.2 Å². The molecule has 236 valence electrons. The molecule has 4 heterocycles. The highest BCUT2D eigenvalue weighted by Gasteiger charge is 2.49. The molecule has 2 atom stereocenters. The van der Waals surface area contributed by atoms with Crippen molar-refractivity contribution in [3.63, 3.8) is 0 Å². The molecule has 0 bridgehead atoms. The predicted octanol–water partition coefficient (Wildman–Crippen LogP) is 7.63. The van der Waals surface area contributed by atoms with Crippen molar-refractivity contribution in [2.45, 2.75) is 57.3 Å². The van der Waals surface area contributed by atoms with E-state index < -0.39 is 35.0 Å². The number of fused-ring (bicyclic) bond motifs is 3. The smallest absolute Gasteiger partial charge is 0.412 e. The van der Waals surface area contributed by atoms with E-state index in [1.54, 1.807) is 20.8 Å². The van der Waals surface area contributed by atoms with E-state index in [2.05, 4.69) is 20.2 Å². The molecule has 2 aromatic carbocycles. The SMILES string of the molecule is COc1nc(OC[C@@]23CCCN2C[C@H](F)C3)nc2c(F)c(-c3ccc(F)c4sc(NC(=O)OC(C)(C)C)c(C#N)c34)c(Cl)cc12. The number of hydrogen-bond acceptors (Lipinski definition) is 9. The van der Waals surface area contributed by atoms with Gasteiger partial charge in [0.05, 0.1) is 33.3 Å². The van der Waals surface area contributed by atoms with Crippen LogP contribution < -0.4 is 14.8 Å². The van der Waals surface area contributed by atoms with Crippen LogP contribution in [0.15, 0.2) is 18.2 Å². The number of carbonyl (C=O) groups excluding carboxylic acids is 1. The molecule has 14 heteroatoms. The van der Waals surface area contributed by atoms with Gasteiger partial charge in [-0.1, -0.05) is 17.7 Å². The van der Waals surface area contributed by atoms with Crippen molar-refractivity contribution in [2.24, 2.45) is 0 Å². The first-order chi connectivity index (χ1) is 21.3. The van der Waals surface area contributed by atoms with Crippen molar-refractivity contribution in [3.8, 4) is 29.1 Å². The molecule has 1 amide bonds. The number of rotatable bonds is 6. The lowest BCUT2D eigenvalue weighted by molar-refractivity contribution is 0.0636. The number of nitriles is 1. The Kier molecular flexibility index (Phi) is 7.95. The molecule has 2 aliphatic rings. The van der Waals surface area contributed by atoms with Crippen LogP contribution in [-0.2, 0) is 4.74 Å². The van der Waals surface area contributed by atoms with Gasteiger partial charge in [-0.15, -0.1) is 11.3 Å². The van der Waals surface area contributed by atoms with Gasteiger partial charge in [-0.05, 0) is 57.9 Å². The van der Waals surface area contributed by atoms with Crippen LogP contribution in [0.2, 0.25) is 5.02 Å². The summed E-state index contributed by atoms with van der Waals surface area (Å²) in [7, 11) is 1.36. The number of nitrogens with zero attached hydrogens (tertiary/aromatic N) is 4. The molecule has 9 nitrogen and oxygen atoms in total. The number of ether oxygens (including phenoxy) is 3. The van der Waals surface area contributed by atoms with E-state index in [1.807, 2.05) is 6.07 Å². The van der Waals surface area contributed by atoms with Gasteiger partial charge >= 0.3 is 12.1 Å². The predicted molar refractivity (Wildman–Crippen MR) is 165 cm³/mol. The Morgan fingerprint density at radius 1 is 1.31 bits per heavy atom. The van der Waals surface area contributed by atoms with E-state index in [-0.39, 0.29) is 66.2 Å². The molecule has 6 rings (SSSR count). The van der Waals surface area contributed by atoms with Gasteiger partial charge < -0.3 is 14.2 Å². The zero-order valence-electron chi connectivity index (χ0n) is 24.9. The summed E-state index contributed by atoms with van der Waals surface area (Å²) >= 11 is 7.46. The summed E-state index contributed by atoms with van der Waals surface area (Å²) in [5.74, 6) is -1.54. The fourth-order valence-electron chi connectivity index (χ4n) is 6.23. The number of thiophene rings is 1. The van der Waals surface area contributed by atoms with Crippen LogP contribution in [0.3, 0.4) is 0 Å². The standard InChI is InChI=1S/C31H29ClF3N5O4S/c1-30(2,3)44-29(41)39-27-18(12-36)21-16(6-7-20(34)25(21)45-27)22-19(32)10-17-24(23(22)35)37-28(38-26(17)42-4)43-14-31-8-5-9-40(31)13-15(33)11-31/h6-7,10,15H,5,8-9,11,13-14H2,1-4H3,(H,39,41)/t15-,31+/m1/s1. The van der Waals surface area contributed by atoms with Crippen LogP contribution in [0, 0.1) is 23.0 Å². The van der Waals surface area contributed by atoms with E-state index in [1.165, 1.54) is 19.2 Å². The van der Waals surface area contributed by atoms with Crippen molar-refractivity contribution in [3.05, 3.63) is 40.4 Å². The fourth-order valence-corrected chi connectivity index (χ4v) is 7.60. The number of halogens is 4. The minimum absolute atomic E-state index is 0.0121. The molecule has 2 fully saturated rings. The van der Waals surface area contributed by atoms with Crippen LogP contribution in [-0.4, -0.2) is 65.1 Å². The Bertz CT molecular complexity index is 1890. The van der Waals surface area contributed by atoms with Gasteiger partial charge in [-0.2, -0.15) is 15.2 Å². The van der Waals surface area contributed by atoms with Crippen molar-refractivity contribution in [1.29, 1.82) is 5.26 Å². The fraction of sp³-hybridized carbons (Fsp3) is 0.419. The van der Waals surface area contributed by atoms with Crippen LogP contribution >= 0.6 is 22.9 Å². The Labute approximate surface area is 265 Å². The molecule has 1 N–H and O–H groups in total. The first-order valence-electron chi connectivity index (χ1n) is 14.3. The summed E-state index contributed by atoms with van der Waals surface area (Å²) < 4.78 is 62.7. The first kappa shape index (κ1) is 31.1. The Balaban J connectivity index is 1.45. The van der Waals surface area contributed by atoms with Gasteiger partial charge in [-0.25, -0.2) is 18.0 Å². The average Bonchev–Trinajstić information content (AvgIpc) is 3.62. The maximum atomic E-state index is 16.6. The highest BCUT2D eigenvalue weighted by molar-refractivity contribution is 7.23. The Morgan fingerprint density at radius 3 is 2.80 bits per heavy atom. The second-order valence-electron chi connectivity index (χ2n) is 12.2. The maximum Gasteiger partial charge on any atom is 0.412 e. The largest absolute Gasteiger partial charge is 0.480 e. The van der Waals surface area contributed by atoms with Crippen LogP contribution in [0.1, 0.15) is 45.6 Å². The monoisotopic (exact) mass is 659 g/mol. The normalized spacial score (nSPS) is 19.9. The van der Waals surface area contributed by atoms with Gasteiger partial charge in [0.25, 0.3) is 0 Å². The lowest BCUT2D eigenvalue weighted by Crippen LogP contribution is -2.43. The zero-order chi connectivity index (χ0) is 32.3. The molecule has 0 radical (unpaired) electrons. The molecule has 0 aliphatic carbocycles. The van der Waals surface area contributed by atoms with Crippen molar-refractivity contribution in [1.82, 2.24) is 14.9 Å². The van der Waals surface area contributed by atoms with Gasteiger partial charge in [0.2, 0.25) is 5.88 Å². The molecular formula is C31H29ClF3N5O4S. The summed E-state index contributed by atoms with van der Waals surface area (Å²) in [5, 5.41) is 12.8. The number of aromatic nitrogens is 2. The highest BCUT2D eigenvalue weighted by atomic mass is 35.5. The molecule has 4 aromatic rings. The molecule has 2 saturated heterocycles. The minimum atomic E-state index is -0.953. The number of amides is 1. The van der Waals surface area contributed by atoms with Crippen LogP contribution in [0.5, 0.6) is 11.9 Å². The zero-order valence-corrected chi connectivity index (χ0v) is 26.5. The van der Waals surface area contributed by atoms with Crippen molar-refractivity contribution >= 4 is 55.0 Å². The Morgan fingerprint density at radius 2 is 2.09 bits per heavy atom. The van der Waals surface area contributed by atoms with Gasteiger partial charge in [0.15, 0.2) is 5.82 Å². The molecular weight excluding hydrogens is 631 g/mol. The summed E-state index contributed by atoms with van der Waals surface area (Å²) in [6, 6.07) is 5.72. The number of alkyl halides is 1. The number of carbonyl (C=O) groups is 1. The van der Waals surface area contributed by atoms with E-state index in [9.17, 15) is 14.4 Å². The summed E-state index contributed by atoms with van der Waals surface area (Å²) in [6.07, 6.45) is 0.228. The number of benzene rings is 2. The summed E-state index contributed by atoms with van der Waals surface area (Å²) in [6.45, 7) is 6.27. The number of nitrogens with one attached hydrogen (secondary N) is 1. The Hall–Kier alpha value is -3.86. The topological polar surface area (TPSA) is 110 Å². The van der Waals surface area contributed by atoms with Crippen molar-refractivity contribution < 1.29 is 32.2 Å². The van der Waals surface area contributed by atoms with Crippen LogP contribution in [0.4, 0.5) is 23.0 Å². The van der Waals surface area contributed by atoms with E-state index in [0.717, 1.165) is 36.8 Å². The third kappa shape index (κ3) is 5.60. The second-order valence-corrected chi connectivity index (χ2v) is 13.6. The third-order valence-corrected chi connectivity index (χ3v) is 9.45. The van der Waals surface area contributed by atoms with E-state index in [4.69, 9.17) is 25.8 Å². The summed E-state index contributed by atoms with van der Waals surface area (Å²) in [4.78, 5) is 23.2. The molecule has 2 aliphatic heterocycles.